The first-order valence-electron chi connectivity index (χ1n) is 13.4. The average Bonchev–Trinajstić information content (AvgIpc) is 3.02. The summed E-state index contributed by atoms with van der Waals surface area (Å²) in [6.07, 6.45) is 0. The molecule has 220 valence electrons. The van der Waals surface area contributed by atoms with Crippen molar-refractivity contribution < 1.29 is 10.0 Å². The molecule has 0 fully saturated rings. The van der Waals surface area contributed by atoms with Crippen LogP contribution in [0.1, 0.15) is 0 Å². The molecule has 0 saturated carbocycles. The minimum Gasteiger partial charge on any atom is -0.423 e. The molecule has 6 aromatic carbocycles. The van der Waals surface area contributed by atoms with Gasteiger partial charge in [-0.15, -0.1) is 0 Å². The smallest absolute Gasteiger partial charge is 0.423 e. The van der Waals surface area contributed by atoms with Crippen molar-refractivity contribution >= 4 is 90.2 Å². The van der Waals surface area contributed by atoms with E-state index in [1.54, 1.807) is 12.1 Å². The van der Waals surface area contributed by atoms with Crippen LogP contribution in [0.15, 0.2) is 155 Å². The Bertz CT molecular complexity index is 1700. The Morgan fingerprint density at radius 3 is 1.25 bits per heavy atom. The summed E-state index contributed by atoms with van der Waals surface area (Å²) in [7, 11) is -1.39. The SMILES string of the molecule is Clc1cc(Br)cc(-c2ccc(-c3ccccc3)cc2)c1.Clc1cc(Br)cc(I)c1.OB(O)c1ccc(-c2ccccc2)cc1. The van der Waals surface area contributed by atoms with Crippen LogP contribution in [-0.4, -0.2) is 17.2 Å². The molecule has 44 heavy (non-hydrogen) atoms. The molecule has 0 atom stereocenters. The lowest BCUT2D eigenvalue weighted by Gasteiger charge is -2.06. The molecule has 2 nitrogen and oxygen atoms in total. The van der Waals surface area contributed by atoms with E-state index in [0.29, 0.717) is 5.46 Å². The van der Waals surface area contributed by atoms with Crippen LogP contribution < -0.4 is 5.46 Å². The van der Waals surface area contributed by atoms with Crippen molar-refractivity contribution in [2.45, 2.75) is 0 Å². The van der Waals surface area contributed by atoms with E-state index in [9.17, 15) is 0 Å². The molecule has 0 aliphatic rings. The van der Waals surface area contributed by atoms with Crippen LogP contribution in [0.4, 0.5) is 0 Å². The first-order chi connectivity index (χ1) is 21.2. The fourth-order valence-corrected chi connectivity index (χ4v) is 7.21. The number of rotatable bonds is 4. The normalized spacial score (nSPS) is 10.2. The van der Waals surface area contributed by atoms with Crippen molar-refractivity contribution in [3.8, 4) is 33.4 Å². The third-order valence-corrected chi connectivity index (χ3v) is 8.31. The molecule has 8 heteroatoms. The summed E-state index contributed by atoms with van der Waals surface area (Å²) in [5.41, 5.74) is 7.42. The van der Waals surface area contributed by atoms with Crippen LogP contribution in [0.25, 0.3) is 33.4 Å². The van der Waals surface area contributed by atoms with Crippen LogP contribution in [-0.2, 0) is 0 Å². The summed E-state index contributed by atoms with van der Waals surface area (Å²) in [6, 6.07) is 47.8. The predicted octanol–water partition coefficient (Wildman–Crippen LogP) is 11.2. The van der Waals surface area contributed by atoms with Gasteiger partial charge in [-0.25, -0.2) is 0 Å². The van der Waals surface area contributed by atoms with E-state index in [4.69, 9.17) is 33.2 Å². The quantitative estimate of drug-likeness (QED) is 0.137. The Balaban J connectivity index is 0.000000162. The summed E-state index contributed by atoms with van der Waals surface area (Å²) in [6.45, 7) is 0. The second-order valence-corrected chi connectivity index (χ2v) is 13.5. The summed E-state index contributed by atoms with van der Waals surface area (Å²) in [5, 5.41) is 19.4. The predicted molar refractivity (Wildman–Crippen MR) is 204 cm³/mol. The number of benzene rings is 6. The highest BCUT2D eigenvalue weighted by Crippen LogP contribution is 2.29. The van der Waals surface area contributed by atoms with Gasteiger partial charge in [0.15, 0.2) is 0 Å². The van der Waals surface area contributed by atoms with Gasteiger partial charge in [-0.05, 0) is 97.8 Å². The van der Waals surface area contributed by atoms with E-state index in [-0.39, 0.29) is 0 Å². The monoisotopic (exact) mass is 856 g/mol. The highest BCUT2D eigenvalue weighted by atomic mass is 127. The molecule has 6 aromatic rings. The van der Waals surface area contributed by atoms with E-state index >= 15 is 0 Å². The van der Waals surface area contributed by atoms with Gasteiger partial charge in [0, 0.05) is 22.6 Å². The molecule has 0 spiro atoms. The van der Waals surface area contributed by atoms with Gasteiger partial charge in [0.05, 0.1) is 0 Å². The maximum Gasteiger partial charge on any atom is 0.488 e. The Kier molecular flexibility index (Phi) is 13.6. The minimum absolute atomic E-state index is 0.509. The van der Waals surface area contributed by atoms with Gasteiger partial charge in [-0.1, -0.05) is 164 Å². The van der Waals surface area contributed by atoms with Crippen LogP contribution in [0.2, 0.25) is 10.0 Å². The van der Waals surface area contributed by atoms with Crippen molar-refractivity contribution in [1.29, 1.82) is 0 Å². The zero-order valence-corrected chi connectivity index (χ0v) is 30.1. The van der Waals surface area contributed by atoms with Gasteiger partial charge in [-0.3, -0.25) is 0 Å². The summed E-state index contributed by atoms with van der Waals surface area (Å²) < 4.78 is 3.17. The summed E-state index contributed by atoms with van der Waals surface area (Å²) >= 11 is 20.8. The summed E-state index contributed by atoms with van der Waals surface area (Å²) in [5.74, 6) is 0. The van der Waals surface area contributed by atoms with E-state index < -0.39 is 7.12 Å². The zero-order chi connectivity index (χ0) is 31.5. The highest BCUT2D eigenvalue weighted by Gasteiger charge is 2.09. The lowest BCUT2D eigenvalue weighted by Crippen LogP contribution is -2.29. The lowest BCUT2D eigenvalue weighted by molar-refractivity contribution is 0.426. The van der Waals surface area contributed by atoms with Crippen molar-refractivity contribution in [1.82, 2.24) is 0 Å². The van der Waals surface area contributed by atoms with Gasteiger partial charge >= 0.3 is 7.12 Å². The maximum absolute atomic E-state index is 8.94. The van der Waals surface area contributed by atoms with Gasteiger partial charge < -0.3 is 10.0 Å². The Morgan fingerprint density at radius 2 is 0.841 bits per heavy atom. The molecule has 0 heterocycles. The Morgan fingerprint density at radius 1 is 0.455 bits per heavy atom. The second-order valence-electron chi connectivity index (χ2n) is 9.55. The van der Waals surface area contributed by atoms with Crippen molar-refractivity contribution in [2.75, 3.05) is 0 Å². The van der Waals surface area contributed by atoms with E-state index in [2.05, 4.69) is 109 Å². The number of hydrogen-bond acceptors (Lipinski definition) is 2. The van der Waals surface area contributed by atoms with Gasteiger partial charge in [0.1, 0.15) is 0 Å². The zero-order valence-electron chi connectivity index (χ0n) is 23.2. The third kappa shape index (κ3) is 10.9. The first kappa shape index (κ1) is 34.4. The third-order valence-electron chi connectivity index (χ3n) is 6.33. The fourth-order valence-electron chi connectivity index (χ4n) is 4.20. The van der Waals surface area contributed by atoms with E-state index in [0.717, 1.165) is 44.8 Å². The molecular weight excluding hydrogens is 833 g/mol. The molecule has 0 saturated heterocycles. The molecule has 2 N–H and O–H groups in total. The molecule has 0 amide bonds. The highest BCUT2D eigenvalue weighted by molar-refractivity contribution is 14.1. The number of hydrogen-bond donors (Lipinski definition) is 2. The maximum atomic E-state index is 8.94. The molecule has 0 aliphatic carbocycles. The van der Waals surface area contributed by atoms with Crippen LogP contribution in [0.3, 0.4) is 0 Å². The largest absolute Gasteiger partial charge is 0.488 e. The Labute approximate surface area is 299 Å². The molecule has 0 aliphatic heterocycles. The lowest BCUT2D eigenvalue weighted by atomic mass is 9.80. The first-order valence-corrected chi connectivity index (χ1v) is 16.8. The van der Waals surface area contributed by atoms with E-state index in [1.165, 1.54) is 11.1 Å². The molecule has 6 rings (SSSR count). The molecule has 0 aromatic heterocycles. The van der Waals surface area contributed by atoms with Crippen LogP contribution in [0, 0.1) is 3.57 Å². The second kappa shape index (κ2) is 17.3. The standard InChI is InChI=1S/C18H12BrCl.C12H11BO2.C6H3BrClI/c19-17-10-16(11-18(20)12-17)15-8-6-14(7-9-15)13-4-2-1-3-5-13;14-13(15)12-8-6-11(7-9-12)10-4-2-1-3-5-10;7-4-1-5(8)3-6(9)2-4/h1-12H;1-9,14-15H;1-3H. The van der Waals surface area contributed by atoms with Gasteiger partial charge in [0.25, 0.3) is 0 Å². The fraction of sp³-hybridized carbons (Fsp3) is 0. The Hall–Kier alpha value is -2.43. The molecule has 0 radical (unpaired) electrons. The molecular formula is C36H26BBr2Cl2IO2. The minimum atomic E-state index is -1.39. The topological polar surface area (TPSA) is 40.5 Å². The van der Waals surface area contributed by atoms with Crippen molar-refractivity contribution in [3.05, 3.63) is 168 Å². The van der Waals surface area contributed by atoms with Gasteiger partial charge in [0.2, 0.25) is 0 Å². The van der Waals surface area contributed by atoms with Crippen molar-refractivity contribution in [3.63, 3.8) is 0 Å². The average molecular weight is 859 g/mol. The van der Waals surface area contributed by atoms with Crippen LogP contribution in [0.5, 0.6) is 0 Å². The van der Waals surface area contributed by atoms with E-state index in [1.807, 2.05) is 78.9 Å². The van der Waals surface area contributed by atoms with Crippen molar-refractivity contribution in [2.24, 2.45) is 0 Å². The number of halogens is 5. The van der Waals surface area contributed by atoms with Gasteiger partial charge in [-0.2, -0.15) is 0 Å². The van der Waals surface area contributed by atoms with Crippen LogP contribution >= 0.6 is 77.7 Å². The molecule has 0 unspecified atom stereocenters. The molecule has 0 bridgehead atoms. The summed E-state index contributed by atoms with van der Waals surface area (Å²) in [4.78, 5) is 0.